The van der Waals surface area contributed by atoms with Crippen molar-refractivity contribution in [3.8, 4) is 5.75 Å². The first-order valence-corrected chi connectivity index (χ1v) is 5.67. The Hall–Kier alpha value is -1.82. The number of methoxy groups -OCH3 is 1. The van der Waals surface area contributed by atoms with Gasteiger partial charge in [-0.1, -0.05) is 22.0 Å². The van der Waals surface area contributed by atoms with Gasteiger partial charge in [0.25, 0.3) is 0 Å². The van der Waals surface area contributed by atoms with E-state index in [1.807, 2.05) is 24.3 Å². The first kappa shape index (κ1) is 11.7. The van der Waals surface area contributed by atoms with Crippen molar-refractivity contribution in [3.63, 3.8) is 0 Å². The van der Waals surface area contributed by atoms with Gasteiger partial charge in [0.05, 0.1) is 7.11 Å². The van der Waals surface area contributed by atoms with Gasteiger partial charge in [-0.05, 0) is 18.2 Å². The standard InChI is InChI=1S/C11H11BrN4O/c1-17-9-10(13)14-6-15-11(9)16-8-4-2-3-7(12)5-8/h2-6H,1H3,(H3,13,14,15,16). The van der Waals surface area contributed by atoms with E-state index in [4.69, 9.17) is 10.5 Å². The molecule has 0 unspecified atom stereocenters. The van der Waals surface area contributed by atoms with Crippen LogP contribution in [0.1, 0.15) is 0 Å². The van der Waals surface area contributed by atoms with E-state index in [1.165, 1.54) is 13.4 Å². The van der Waals surface area contributed by atoms with E-state index in [1.54, 1.807) is 0 Å². The topological polar surface area (TPSA) is 73.1 Å². The van der Waals surface area contributed by atoms with Gasteiger partial charge in [-0.2, -0.15) is 0 Å². The lowest BCUT2D eigenvalue weighted by Gasteiger charge is -2.11. The molecule has 0 atom stereocenters. The van der Waals surface area contributed by atoms with Crippen LogP contribution in [-0.2, 0) is 0 Å². The summed E-state index contributed by atoms with van der Waals surface area (Å²) in [4.78, 5) is 7.95. The van der Waals surface area contributed by atoms with Gasteiger partial charge in [-0.25, -0.2) is 9.97 Å². The van der Waals surface area contributed by atoms with Crippen LogP contribution in [-0.4, -0.2) is 17.1 Å². The molecule has 0 fully saturated rings. The summed E-state index contributed by atoms with van der Waals surface area (Å²) in [5.74, 6) is 1.28. The molecule has 0 aliphatic carbocycles. The van der Waals surface area contributed by atoms with Crippen LogP contribution in [0, 0.1) is 0 Å². The van der Waals surface area contributed by atoms with Crippen molar-refractivity contribution >= 4 is 33.3 Å². The minimum atomic E-state index is 0.306. The molecule has 0 spiro atoms. The Morgan fingerprint density at radius 1 is 1.35 bits per heavy atom. The summed E-state index contributed by atoms with van der Waals surface area (Å²) in [6, 6.07) is 7.71. The van der Waals surface area contributed by atoms with Crippen LogP contribution in [0.4, 0.5) is 17.3 Å². The number of ether oxygens (including phenoxy) is 1. The van der Waals surface area contributed by atoms with Crippen molar-refractivity contribution in [2.75, 3.05) is 18.2 Å². The third-order valence-corrected chi connectivity index (χ3v) is 2.62. The third-order valence-electron chi connectivity index (χ3n) is 2.12. The number of nitrogen functional groups attached to an aromatic ring is 1. The van der Waals surface area contributed by atoms with E-state index in [0.29, 0.717) is 17.4 Å². The second kappa shape index (κ2) is 5.01. The Kier molecular flexibility index (Phi) is 3.43. The van der Waals surface area contributed by atoms with Gasteiger partial charge in [0.2, 0.25) is 5.75 Å². The molecule has 6 heteroatoms. The van der Waals surface area contributed by atoms with Crippen molar-refractivity contribution in [3.05, 3.63) is 35.1 Å². The second-order valence-electron chi connectivity index (χ2n) is 3.28. The molecule has 1 heterocycles. The molecular formula is C11H11BrN4O. The average Bonchev–Trinajstić information content (AvgIpc) is 2.29. The molecule has 5 nitrogen and oxygen atoms in total. The number of anilines is 3. The van der Waals surface area contributed by atoms with Crippen molar-refractivity contribution in [2.45, 2.75) is 0 Å². The van der Waals surface area contributed by atoms with Gasteiger partial charge < -0.3 is 15.8 Å². The quantitative estimate of drug-likeness (QED) is 0.910. The number of hydrogen-bond donors (Lipinski definition) is 2. The number of benzene rings is 1. The van der Waals surface area contributed by atoms with Gasteiger partial charge in [0, 0.05) is 10.2 Å². The monoisotopic (exact) mass is 294 g/mol. The van der Waals surface area contributed by atoms with Crippen LogP contribution in [0.5, 0.6) is 5.75 Å². The minimum Gasteiger partial charge on any atom is -0.490 e. The fourth-order valence-corrected chi connectivity index (χ4v) is 1.78. The largest absolute Gasteiger partial charge is 0.490 e. The van der Waals surface area contributed by atoms with Gasteiger partial charge in [0.15, 0.2) is 11.6 Å². The summed E-state index contributed by atoms with van der Waals surface area (Å²) in [6.45, 7) is 0. The van der Waals surface area contributed by atoms with Crippen LogP contribution >= 0.6 is 15.9 Å². The highest BCUT2D eigenvalue weighted by Crippen LogP contribution is 2.29. The number of nitrogens with two attached hydrogens (primary N) is 1. The highest BCUT2D eigenvalue weighted by molar-refractivity contribution is 9.10. The Balaban J connectivity index is 2.33. The van der Waals surface area contributed by atoms with Crippen LogP contribution in [0.2, 0.25) is 0 Å². The lowest BCUT2D eigenvalue weighted by atomic mass is 10.3. The van der Waals surface area contributed by atoms with Crippen LogP contribution in [0.15, 0.2) is 35.1 Å². The zero-order valence-electron chi connectivity index (χ0n) is 9.14. The molecule has 1 aromatic heterocycles. The number of rotatable bonds is 3. The van der Waals surface area contributed by atoms with E-state index < -0.39 is 0 Å². The summed E-state index contributed by atoms with van der Waals surface area (Å²) >= 11 is 3.40. The molecule has 0 aliphatic heterocycles. The van der Waals surface area contributed by atoms with Gasteiger partial charge >= 0.3 is 0 Å². The number of nitrogens with one attached hydrogen (secondary N) is 1. The van der Waals surface area contributed by atoms with Crippen molar-refractivity contribution < 1.29 is 4.74 Å². The molecule has 0 amide bonds. The average molecular weight is 295 g/mol. The molecule has 0 bridgehead atoms. The molecule has 0 saturated carbocycles. The predicted molar refractivity (Wildman–Crippen MR) is 70.4 cm³/mol. The van der Waals surface area contributed by atoms with E-state index in [2.05, 4.69) is 31.2 Å². The minimum absolute atomic E-state index is 0.306. The van der Waals surface area contributed by atoms with Crippen molar-refractivity contribution in [1.82, 2.24) is 9.97 Å². The fourth-order valence-electron chi connectivity index (χ4n) is 1.38. The molecule has 0 aliphatic rings. The maximum atomic E-state index is 5.69. The molecule has 2 aromatic rings. The number of halogens is 1. The van der Waals surface area contributed by atoms with Gasteiger partial charge in [-0.15, -0.1) is 0 Å². The smallest absolute Gasteiger partial charge is 0.204 e. The van der Waals surface area contributed by atoms with E-state index in [0.717, 1.165) is 10.2 Å². The van der Waals surface area contributed by atoms with E-state index in [9.17, 15) is 0 Å². The first-order valence-electron chi connectivity index (χ1n) is 4.88. The third kappa shape index (κ3) is 2.65. The van der Waals surface area contributed by atoms with Gasteiger partial charge in [-0.3, -0.25) is 0 Å². The van der Waals surface area contributed by atoms with Crippen LogP contribution in [0.25, 0.3) is 0 Å². The molecule has 1 aromatic carbocycles. The molecule has 0 saturated heterocycles. The van der Waals surface area contributed by atoms with Crippen molar-refractivity contribution in [1.29, 1.82) is 0 Å². The Morgan fingerprint density at radius 3 is 2.88 bits per heavy atom. The Bertz CT molecular complexity index is 533. The number of aromatic nitrogens is 2. The summed E-state index contributed by atoms with van der Waals surface area (Å²) in [5, 5.41) is 3.12. The SMILES string of the molecule is COc1c(N)ncnc1Nc1cccc(Br)c1. The normalized spacial score (nSPS) is 10.0. The summed E-state index contributed by atoms with van der Waals surface area (Å²) < 4.78 is 6.13. The maximum absolute atomic E-state index is 5.69. The predicted octanol–water partition coefficient (Wildman–Crippen LogP) is 2.57. The first-order chi connectivity index (χ1) is 8.20. The second-order valence-corrected chi connectivity index (χ2v) is 4.19. The zero-order valence-corrected chi connectivity index (χ0v) is 10.7. The van der Waals surface area contributed by atoms with Gasteiger partial charge in [0.1, 0.15) is 6.33 Å². The molecule has 88 valence electrons. The summed E-state index contributed by atoms with van der Waals surface area (Å²) in [5.41, 5.74) is 6.58. The summed E-state index contributed by atoms with van der Waals surface area (Å²) in [7, 11) is 1.53. The number of nitrogens with zero attached hydrogens (tertiary/aromatic N) is 2. The molecular weight excluding hydrogens is 284 g/mol. The Labute approximate surface area is 107 Å². The fraction of sp³-hybridized carbons (Fsp3) is 0.0909. The lowest BCUT2D eigenvalue weighted by Crippen LogP contribution is -2.02. The van der Waals surface area contributed by atoms with E-state index >= 15 is 0 Å². The van der Waals surface area contributed by atoms with Crippen LogP contribution < -0.4 is 15.8 Å². The lowest BCUT2D eigenvalue weighted by molar-refractivity contribution is 0.415. The summed E-state index contributed by atoms with van der Waals surface area (Å²) in [6.07, 6.45) is 1.39. The highest BCUT2D eigenvalue weighted by Gasteiger charge is 2.09. The molecule has 0 radical (unpaired) electrons. The molecule has 2 rings (SSSR count). The maximum Gasteiger partial charge on any atom is 0.204 e. The molecule has 3 N–H and O–H groups in total. The van der Waals surface area contributed by atoms with Crippen molar-refractivity contribution in [2.24, 2.45) is 0 Å². The highest BCUT2D eigenvalue weighted by atomic mass is 79.9. The Morgan fingerprint density at radius 2 is 2.18 bits per heavy atom. The zero-order chi connectivity index (χ0) is 12.3. The van der Waals surface area contributed by atoms with Crippen LogP contribution in [0.3, 0.4) is 0 Å². The van der Waals surface area contributed by atoms with E-state index in [-0.39, 0.29) is 0 Å². The number of hydrogen-bond acceptors (Lipinski definition) is 5. The molecule has 17 heavy (non-hydrogen) atoms.